The average molecular weight is 1010 g/mol. The molecule has 1 aliphatic heterocycles. The van der Waals surface area contributed by atoms with Crippen LogP contribution in [0.1, 0.15) is 24.2 Å². The summed E-state index contributed by atoms with van der Waals surface area (Å²) < 4.78 is 24.7. The number of ether oxygens (including phenoxy) is 3. The minimum atomic E-state index is -1.75. The zero-order chi connectivity index (χ0) is 46.7. The van der Waals surface area contributed by atoms with Gasteiger partial charge in [0.05, 0.1) is 63.4 Å². The molecule has 0 bridgehead atoms. The minimum absolute atomic E-state index is 0.0592. The summed E-state index contributed by atoms with van der Waals surface area (Å²) in [5, 5.41) is 48.0. The van der Waals surface area contributed by atoms with E-state index in [1.54, 1.807) is 69.6 Å². The fourth-order valence-electron chi connectivity index (χ4n) is 7.43. The van der Waals surface area contributed by atoms with Gasteiger partial charge in [-0.3, -0.25) is 9.98 Å². The number of likely N-dealkylation sites (N-methyl/N-ethyl adjacent to an activating group) is 1. The van der Waals surface area contributed by atoms with E-state index in [0.717, 1.165) is 23.1 Å². The van der Waals surface area contributed by atoms with Gasteiger partial charge in [-0.25, -0.2) is 0 Å². The topological polar surface area (TPSA) is 221 Å². The van der Waals surface area contributed by atoms with Crippen LogP contribution < -0.4 is 30.9 Å². The Morgan fingerprint density at radius 3 is 2.11 bits per heavy atom. The number of aliphatic hydroxyl groups is 2. The Balaban J connectivity index is 0.970. The molecule has 3 heterocycles. The first-order valence-electron chi connectivity index (χ1n) is 21.5. The first-order chi connectivity index (χ1) is 32.0. The predicted molar refractivity (Wildman–Crippen MR) is 259 cm³/mol. The van der Waals surface area contributed by atoms with Crippen LogP contribution in [0.4, 0.5) is 16.2 Å². The van der Waals surface area contributed by atoms with E-state index < -0.39 is 30.0 Å². The van der Waals surface area contributed by atoms with Crippen molar-refractivity contribution in [2.75, 3.05) is 95.4 Å². The van der Waals surface area contributed by atoms with E-state index >= 15 is 0 Å². The van der Waals surface area contributed by atoms with E-state index in [4.69, 9.17) is 38.8 Å². The monoisotopic (exact) mass is 1000 g/mol. The van der Waals surface area contributed by atoms with Crippen molar-refractivity contribution in [1.82, 2.24) is 9.47 Å². The molecule has 4 aromatic carbocycles. The third-order valence-electron chi connectivity index (χ3n) is 10.8. The second-order valence-electron chi connectivity index (χ2n) is 15.0. The number of anilines is 2. The Morgan fingerprint density at radius 1 is 0.864 bits per heavy atom. The fourth-order valence-corrected chi connectivity index (χ4v) is 21.6. The van der Waals surface area contributed by atoms with E-state index in [2.05, 4.69) is 24.1 Å². The summed E-state index contributed by atoms with van der Waals surface area (Å²) in [7, 11) is 5.01. The quantitative estimate of drug-likeness (QED) is 0.0416. The first-order valence-corrected chi connectivity index (χ1v) is 28.8. The molecule has 66 heavy (non-hydrogen) atoms. The Bertz CT molecular complexity index is 2780. The summed E-state index contributed by atoms with van der Waals surface area (Å²) in [6.07, 6.45) is -0.536. The van der Waals surface area contributed by atoms with Crippen molar-refractivity contribution in [1.29, 1.82) is 0 Å². The van der Waals surface area contributed by atoms with Crippen molar-refractivity contribution in [2.24, 2.45) is 9.98 Å². The Hall–Kier alpha value is -5.27. The number of aromatic nitrogens is 1. The summed E-state index contributed by atoms with van der Waals surface area (Å²) in [5.41, 5.74) is 0.713. The molecule has 5 N–H and O–H groups in total. The van der Waals surface area contributed by atoms with Gasteiger partial charge in [-0.05, 0) is 13.8 Å². The van der Waals surface area contributed by atoms with Gasteiger partial charge >= 0.3 is 268 Å². The van der Waals surface area contributed by atoms with Crippen LogP contribution in [0.3, 0.4) is 0 Å². The van der Waals surface area contributed by atoms with Gasteiger partial charge < -0.3 is 24.6 Å². The number of carbonyl (C=O) groups excluding carboxylic acids is 2. The number of carbonyl (C=O) groups is 2. The number of fused-ring (bicyclic) bond motifs is 1. The second-order valence-corrected chi connectivity index (χ2v) is 26.4. The molecule has 0 radical (unpaired) electrons. The van der Waals surface area contributed by atoms with E-state index in [1.165, 1.54) is 9.47 Å². The van der Waals surface area contributed by atoms with Gasteiger partial charge in [0.1, 0.15) is 0 Å². The Kier molecular flexibility index (Phi) is 16.9. The van der Waals surface area contributed by atoms with Crippen LogP contribution in [0.15, 0.2) is 92.0 Å². The number of pyridine rings is 1. The number of nitrogens with one attached hydrogen (secondary N) is 1. The number of rotatable bonds is 20. The van der Waals surface area contributed by atoms with Gasteiger partial charge in [0.15, 0.2) is 0 Å². The molecule has 0 spiro atoms. The number of hydrogen-bond acceptors (Lipinski definition) is 16. The molecule has 17 nitrogen and oxygen atoms in total. The molecule has 0 saturated carbocycles. The van der Waals surface area contributed by atoms with Gasteiger partial charge in [0.25, 0.3) is 0 Å². The number of hydrogen-bond donors (Lipinski definition) is 5. The molecule has 2 aromatic heterocycles. The molecule has 6 aromatic rings. The first kappa shape index (κ1) is 48.7. The van der Waals surface area contributed by atoms with E-state index in [0.29, 0.717) is 67.8 Å². The molecule has 350 valence electrons. The van der Waals surface area contributed by atoms with Crippen molar-refractivity contribution < 1.29 is 48.6 Å². The summed E-state index contributed by atoms with van der Waals surface area (Å²) in [6, 6.07) is 21.6. The van der Waals surface area contributed by atoms with Gasteiger partial charge in [0, 0.05) is 13.1 Å². The number of aliphatic hydroxyl groups excluding tert-OH is 2. The molecule has 7 rings (SSSR count). The number of amides is 2. The van der Waals surface area contributed by atoms with Crippen molar-refractivity contribution in [3.05, 3.63) is 99.5 Å². The van der Waals surface area contributed by atoms with E-state index in [-0.39, 0.29) is 75.5 Å². The van der Waals surface area contributed by atoms with E-state index in [9.17, 15) is 24.6 Å². The summed E-state index contributed by atoms with van der Waals surface area (Å²) >= 11 is -1.75. The zero-order valence-electron chi connectivity index (χ0n) is 36.8. The molecule has 2 atom stereocenters. The SMILES string of the molecule is CCN(CC)c1ccc2cc(C(=O)Nc3ccc([As]4SCC(OC(=O)N(C)CCn5c(O)c6ccc(=NCCOCCO)c7c(=NCCOCCO)ccc(c5O)c67)S4)cc3)c(=O)oc2c1. The van der Waals surface area contributed by atoms with Gasteiger partial charge in [-0.2, -0.15) is 0 Å². The molecule has 20 heteroatoms. The van der Waals surface area contributed by atoms with Gasteiger partial charge in [-0.15, -0.1) is 0 Å². The van der Waals surface area contributed by atoms with Crippen molar-refractivity contribution in [3.63, 3.8) is 0 Å². The van der Waals surface area contributed by atoms with Crippen LogP contribution in [0, 0.1) is 0 Å². The summed E-state index contributed by atoms with van der Waals surface area (Å²) in [4.78, 5) is 52.3. The molecular weight excluding hydrogens is 952 g/mol. The molecule has 0 aliphatic carbocycles. The van der Waals surface area contributed by atoms with Crippen LogP contribution >= 0.6 is 20.0 Å². The normalized spacial score (nSPS) is 15.6. The maximum absolute atomic E-state index is 13.3. The molecule has 2 amide bonds. The van der Waals surface area contributed by atoms with Crippen molar-refractivity contribution >= 4 is 92.6 Å². The van der Waals surface area contributed by atoms with Gasteiger partial charge in [0.2, 0.25) is 0 Å². The number of aromatic hydroxyl groups is 2. The van der Waals surface area contributed by atoms with Crippen LogP contribution in [0.5, 0.6) is 11.8 Å². The predicted octanol–water partition coefficient (Wildman–Crippen LogP) is 3.94. The van der Waals surface area contributed by atoms with Crippen LogP contribution in [-0.4, -0.2) is 145 Å². The molecular formula is C46H53AsN6O11S2. The Morgan fingerprint density at radius 2 is 1.50 bits per heavy atom. The maximum atomic E-state index is 13.3. The average Bonchev–Trinajstić information content (AvgIpc) is 3.79. The van der Waals surface area contributed by atoms with Crippen molar-refractivity contribution in [2.45, 2.75) is 25.8 Å². The molecule has 1 aliphatic rings. The molecule has 1 fully saturated rings. The van der Waals surface area contributed by atoms with Crippen LogP contribution in [0.25, 0.3) is 32.5 Å². The van der Waals surface area contributed by atoms with Crippen LogP contribution in [-0.2, 0) is 20.8 Å². The Labute approximate surface area is 391 Å². The third-order valence-corrected chi connectivity index (χ3v) is 24.2. The number of benzene rings is 4. The number of nitrogens with zero attached hydrogens (tertiary/aromatic N) is 5. The fraction of sp³-hybridized carbons (Fsp3) is 0.370. The summed E-state index contributed by atoms with van der Waals surface area (Å²) in [5.74, 6) is -0.341. The van der Waals surface area contributed by atoms with Crippen LogP contribution in [0.2, 0.25) is 0 Å². The zero-order valence-corrected chi connectivity index (χ0v) is 40.4. The standard InChI is InChI=1S/C46H53AsN6O11S2/c1-4-52(5-2)32-11-6-29-26-35(45(59)63-38(29)27-32)42(56)50-31-9-7-30(8-10-31)47-65-28-39(66-47)64-46(60)51(3)18-19-53-43(57)33-12-14-36(48-16-22-61-24-20-54)41-37(49-17-23-62-25-21-55)15-13-34(40(33)41)44(53)58/h6-15,26-27,39,54-55,57-58H,4-5,16-25,28H2,1-3H3,(H,50,56). The summed E-state index contributed by atoms with van der Waals surface area (Å²) in [6.45, 7) is 7.30. The van der Waals surface area contributed by atoms with Crippen molar-refractivity contribution in [3.8, 4) is 11.8 Å². The molecule has 2 unspecified atom stereocenters. The third kappa shape index (κ3) is 11.3. The van der Waals surface area contributed by atoms with E-state index in [1.807, 2.05) is 30.3 Å². The second kappa shape index (κ2) is 23.0. The molecule has 1 saturated heterocycles. The van der Waals surface area contributed by atoms with Gasteiger partial charge in [-0.1, -0.05) is 0 Å².